The Morgan fingerprint density at radius 3 is 1.62 bits per heavy atom. The lowest BCUT2D eigenvalue weighted by Gasteiger charge is -1.82. The summed E-state index contributed by atoms with van der Waals surface area (Å²) in [5.41, 5.74) is 0.938. The van der Waals surface area contributed by atoms with Crippen molar-refractivity contribution in [2.45, 2.75) is 20.8 Å². The van der Waals surface area contributed by atoms with Crippen molar-refractivity contribution in [3.05, 3.63) is 35.9 Å². The minimum absolute atomic E-state index is 0.938. The molecular formula is C13H16. The molecule has 0 nitrogen and oxygen atoms in total. The van der Waals surface area contributed by atoms with Gasteiger partial charge >= 0.3 is 0 Å². The highest BCUT2D eigenvalue weighted by molar-refractivity contribution is 5.30. The Bertz CT molecular complexity index is 256. The summed E-state index contributed by atoms with van der Waals surface area (Å²) in [4.78, 5) is 0. The fourth-order valence-corrected chi connectivity index (χ4v) is 0.534. The lowest BCUT2D eigenvalue weighted by molar-refractivity contribution is 1.50. The van der Waals surface area contributed by atoms with E-state index in [1.54, 1.807) is 6.92 Å². The molecule has 0 aromatic heterocycles. The largest absolute Gasteiger partial charge is 0.120 e. The zero-order chi connectivity index (χ0) is 10.5. The van der Waals surface area contributed by atoms with Crippen molar-refractivity contribution >= 4 is 0 Å². The average molecular weight is 172 g/mol. The fourth-order valence-electron chi connectivity index (χ4n) is 0.534. The maximum Gasteiger partial charge on any atom is 0.0242 e. The van der Waals surface area contributed by atoms with Crippen LogP contribution in [-0.4, -0.2) is 0 Å². The van der Waals surface area contributed by atoms with Crippen LogP contribution in [0.3, 0.4) is 0 Å². The maximum absolute atomic E-state index is 5.10. The SMILES string of the molecule is C#CC.C#Cc1ccccc1.CC. The van der Waals surface area contributed by atoms with E-state index in [1.807, 2.05) is 44.2 Å². The third kappa shape index (κ3) is 10.3. The van der Waals surface area contributed by atoms with E-state index in [9.17, 15) is 0 Å². The number of terminal acetylenes is 2. The van der Waals surface area contributed by atoms with Crippen LogP contribution in [0, 0.1) is 24.7 Å². The molecule has 0 fully saturated rings. The molecule has 0 bridgehead atoms. The van der Waals surface area contributed by atoms with Crippen molar-refractivity contribution in [1.29, 1.82) is 0 Å². The molecule has 1 rings (SSSR count). The van der Waals surface area contributed by atoms with E-state index in [0.29, 0.717) is 0 Å². The van der Waals surface area contributed by atoms with Crippen LogP contribution in [0.5, 0.6) is 0 Å². The predicted octanol–water partition coefficient (Wildman–Crippen LogP) is 3.33. The second kappa shape index (κ2) is 13.0. The van der Waals surface area contributed by atoms with Crippen molar-refractivity contribution in [3.63, 3.8) is 0 Å². The highest BCUT2D eigenvalue weighted by Gasteiger charge is 1.76. The van der Waals surface area contributed by atoms with Crippen LogP contribution in [0.15, 0.2) is 30.3 Å². The molecule has 0 heterocycles. The number of benzene rings is 1. The molecule has 0 aliphatic carbocycles. The Labute approximate surface area is 82.0 Å². The monoisotopic (exact) mass is 172 g/mol. The van der Waals surface area contributed by atoms with Crippen molar-refractivity contribution < 1.29 is 0 Å². The molecule has 0 saturated heterocycles. The molecule has 0 aliphatic rings. The van der Waals surface area contributed by atoms with Gasteiger partial charge in [0, 0.05) is 5.56 Å². The van der Waals surface area contributed by atoms with Gasteiger partial charge in [-0.25, -0.2) is 0 Å². The van der Waals surface area contributed by atoms with Crippen molar-refractivity contribution in [2.75, 3.05) is 0 Å². The summed E-state index contributed by atoms with van der Waals surface area (Å²) in [6, 6.07) is 9.60. The molecule has 0 radical (unpaired) electrons. The first kappa shape index (κ1) is 13.9. The maximum atomic E-state index is 5.10. The Morgan fingerprint density at radius 1 is 1.00 bits per heavy atom. The second-order valence-corrected chi connectivity index (χ2v) is 1.80. The fraction of sp³-hybridized carbons (Fsp3) is 0.231. The standard InChI is InChI=1S/C8H6.C3H4.C2H6/c1-2-8-6-4-3-5-7-8;1-3-2;1-2/h1,3-7H;1H,2H3;1-2H3. The van der Waals surface area contributed by atoms with Crippen LogP contribution >= 0.6 is 0 Å². The van der Waals surface area contributed by atoms with Crippen LogP contribution in [0.2, 0.25) is 0 Å². The molecule has 0 atom stereocenters. The summed E-state index contributed by atoms with van der Waals surface area (Å²) in [6.45, 7) is 5.65. The van der Waals surface area contributed by atoms with Crippen LogP contribution in [0.1, 0.15) is 26.3 Å². The lowest BCUT2D eigenvalue weighted by atomic mass is 10.2. The molecule has 1 aromatic rings. The zero-order valence-electron chi connectivity index (χ0n) is 8.54. The summed E-state index contributed by atoms with van der Waals surface area (Å²) < 4.78 is 0. The minimum Gasteiger partial charge on any atom is -0.120 e. The lowest BCUT2D eigenvalue weighted by Crippen LogP contribution is -1.66. The van der Waals surface area contributed by atoms with E-state index in [1.165, 1.54) is 0 Å². The third-order valence-electron chi connectivity index (χ3n) is 0.940. The average Bonchev–Trinajstić information content (AvgIpc) is 2.23. The van der Waals surface area contributed by atoms with E-state index in [0.717, 1.165) is 5.56 Å². The quantitative estimate of drug-likeness (QED) is 0.526. The van der Waals surface area contributed by atoms with Crippen LogP contribution in [0.4, 0.5) is 0 Å². The summed E-state index contributed by atoms with van der Waals surface area (Å²) in [6.07, 6.45) is 9.70. The van der Waals surface area contributed by atoms with E-state index in [-0.39, 0.29) is 0 Å². The van der Waals surface area contributed by atoms with Crippen LogP contribution in [0.25, 0.3) is 0 Å². The van der Waals surface area contributed by atoms with Gasteiger partial charge in [0.1, 0.15) is 0 Å². The number of hydrogen-bond donors (Lipinski definition) is 0. The van der Waals surface area contributed by atoms with Crippen molar-refractivity contribution in [2.24, 2.45) is 0 Å². The molecule has 0 N–H and O–H groups in total. The summed E-state index contributed by atoms with van der Waals surface area (Å²) >= 11 is 0. The second-order valence-electron chi connectivity index (χ2n) is 1.80. The van der Waals surface area contributed by atoms with Gasteiger partial charge in [-0.3, -0.25) is 0 Å². The Hall–Kier alpha value is -1.66. The van der Waals surface area contributed by atoms with Gasteiger partial charge in [-0.15, -0.1) is 18.8 Å². The van der Waals surface area contributed by atoms with Crippen molar-refractivity contribution in [1.82, 2.24) is 0 Å². The molecule has 0 amide bonds. The van der Waals surface area contributed by atoms with Gasteiger partial charge in [-0.1, -0.05) is 38.0 Å². The van der Waals surface area contributed by atoms with E-state index >= 15 is 0 Å². The molecule has 0 aliphatic heterocycles. The van der Waals surface area contributed by atoms with Gasteiger partial charge in [-0.05, 0) is 19.1 Å². The minimum atomic E-state index is 0.938. The smallest absolute Gasteiger partial charge is 0.0242 e. The van der Waals surface area contributed by atoms with Gasteiger partial charge < -0.3 is 0 Å². The molecule has 0 unspecified atom stereocenters. The molecule has 0 heteroatoms. The molecule has 0 saturated carbocycles. The topological polar surface area (TPSA) is 0 Å². The Kier molecular flexibility index (Phi) is 13.9. The molecule has 13 heavy (non-hydrogen) atoms. The Morgan fingerprint density at radius 2 is 1.38 bits per heavy atom. The third-order valence-corrected chi connectivity index (χ3v) is 0.940. The first-order chi connectivity index (χ1) is 6.35. The van der Waals surface area contributed by atoms with E-state index in [2.05, 4.69) is 18.3 Å². The Balaban J connectivity index is 0. The molecule has 1 aromatic carbocycles. The first-order valence-corrected chi connectivity index (χ1v) is 4.24. The first-order valence-electron chi connectivity index (χ1n) is 4.24. The zero-order valence-corrected chi connectivity index (χ0v) is 8.54. The van der Waals surface area contributed by atoms with E-state index < -0.39 is 0 Å². The van der Waals surface area contributed by atoms with E-state index in [4.69, 9.17) is 6.42 Å². The van der Waals surface area contributed by atoms with Gasteiger partial charge in [0.2, 0.25) is 0 Å². The number of rotatable bonds is 0. The molecular weight excluding hydrogens is 156 g/mol. The van der Waals surface area contributed by atoms with Crippen LogP contribution < -0.4 is 0 Å². The summed E-state index contributed by atoms with van der Waals surface area (Å²) in [5, 5.41) is 0. The highest BCUT2D eigenvalue weighted by Crippen LogP contribution is 1.92. The van der Waals surface area contributed by atoms with Gasteiger partial charge in [0.25, 0.3) is 0 Å². The van der Waals surface area contributed by atoms with Crippen LogP contribution in [-0.2, 0) is 0 Å². The number of hydrogen-bond acceptors (Lipinski definition) is 0. The predicted molar refractivity (Wildman–Crippen MR) is 60.2 cm³/mol. The molecule has 0 spiro atoms. The summed E-state index contributed by atoms with van der Waals surface area (Å²) in [5.74, 6) is 4.78. The van der Waals surface area contributed by atoms with Gasteiger partial charge in [0.15, 0.2) is 0 Å². The van der Waals surface area contributed by atoms with Gasteiger partial charge in [-0.2, -0.15) is 0 Å². The van der Waals surface area contributed by atoms with Crippen molar-refractivity contribution in [3.8, 4) is 24.7 Å². The highest BCUT2D eigenvalue weighted by atomic mass is 13.8. The van der Waals surface area contributed by atoms with Gasteiger partial charge in [0.05, 0.1) is 0 Å². The molecule has 68 valence electrons. The normalized spacial score (nSPS) is 5.92. The summed E-state index contributed by atoms with van der Waals surface area (Å²) in [7, 11) is 0.